The van der Waals surface area contributed by atoms with Gasteiger partial charge in [0.05, 0.1) is 14.2 Å². The van der Waals surface area contributed by atoms with E-state index in [1.165, 1.54) is 0 Å². The Hall–Kier alpha value is -1.26. The molecule has 4 nitrogen and oxygen atoms in total. The predicted molar refractivity (Wildman–Crippen MR) is 78.9 cm³/mol. The lowest BCUT2D eigenvalue weighted by molar-refractivity contribution is 0.257. The second kappa shape index (κ2) is 6.26. The minimum Gasteiger partial charge on any atom is -0.496 e. The fraction of sp³-hybridized carbons (Fsp3) is 0.600. The van der Waals surface area contributed by atoms with Crippen molar-refractivity contribution in [2.45, 2.75) is 26.8 Å². The fourth-order valence-corrected chi connectivity index (χ4v) is 2.50. The van der Waals surface area contributed by atoms with Crippen LogP contribution in [-0.2, 0) is 0 Å². The standard InChI is InChI=1S/C15H26N2O2/c1-10-12(18-5)8-7-11(13(10)19-6)14(17-4)15(2,3)9-16/h7-8,14,17H,9,16H2,1-6H3. The Morgan fingerprint density at radius 2 is 1.89 bits per heavy atom. The van der Waals surface area contributed by atoms with Crippen LogP contribution in [0.5, 0.6) is 11.5 Å². The van der Waals surface area contributed by atoms with Gasteiger partial charge in [0, 0.05) is 17.2 Å². The van der Waals surface area contributed by atoms with Crippen LogP contribution < -0.4 is 20.5 Å². The summed E-state index contributed by atoms with van der Waals surface area (Å²) in [6, 6.07) is 4.14. The number of methoxy groups -OCH3 is 2. The van der Waals surface area contributed by atoms with Crippen molar-refractivity contribution < 1.29 is 9.47 Å². The molecule has 0 aliphatic rings. The summed E-state index contributed by atoms with van der Waals surface area (Å²) >= 11 is 0. The zero-order chi connectivity index (χ0) is 14.6. The summed E-state index contributed by atoms with van der Waals surface area (Å²) in [7, 11) is 5.30. The van der Waals surface area contributed by atoms with E-state index in [0.717, 1.165) is 22.6 Å². The van der Waals surface area contributed by atoms with Crippen LogP contribution in [0.2, 0.25) is 0 Å². The minimum absolute atomic E-state index is 0.0664. The maximum absolute atomic E-state index is 5.90. The van der Waals surface area contributed by atoms with Crippen LogP contribution in [-0.4, -0.2) is 27.8 Å². The highest BCUT2D eigenvalue weighted by Gasteiger charge is 2.31. The molecule has 1 aromatic rings. The van der Waals surface area contributed by atoms with Crippen LogP contribution in [0, 0.1) is 12.3 Å². The van der Waals surface area contributed by atoms with E-state index in [1.54, 1.807) is 14.2 Å². The molecule has 108 valence electrons. The number of ether oxygens (including phenoxy) is 2. The first-order chi connectivity index (χ1) is 8.92. The van der Waals surface area contributed by atoms with Crippen LogP contribution in [0.15, 0.2) is 12.1 Å². The maximum Gasteiger partial charge on any atom is 0.130 e. The lowest BCUT2D eigenvalue weighted by Gasteiger charge is -2.34. The molecule has 0 heterocycles. The van der Waals surface area contributed by atoms with Crippen molar-refractivity contribution in [2.24, 2.45) is 11.1 Å². The molecule has 3 N–H and O–H groups in total. The lowest BCUT2D eigenvalue weighted by Crippen LogP contribution is -2.38. The third kappa shape index (κ3) is 3.01. The van der Waals surface area contributed by atoms with Gasteiger partial charge in [-0.3, -0.25) is 0 Å². The average Bonchev–Trinajstić information content (AvgIpc) is 2.39. The molecule has 0 aliphatic heterocycles. The quantitative estimate of drug-likeness (QED) is 0.829. The highest BCUT2D eigenvalue weighted by atomic mass is 16.5. The Balaban J connectivity index is 3.36. The molecule has 4 heteroatoms. The van der Waals surface area contributed by atoms with Gasteiger partial charge in [0.15, 0.2) is 0 Å². The number of nitrogens with one attached hydrogen (secondary N) is 1. The topological polar surface area (TPSA) is 56.5 Å². The zero-order valence-electron chi connectivity index (χ0n) is 12.8. The Bertz CT molecular complexity index is 430. The van der Waals surface area contributed by atoms with Crippen LogP contribution in [0.3, 0.4) is 0 Å². The van der Waals surface area contributed by atoms with Crippen molar-refractivity contribution in [2.75, 3.05) is 27.8 Å². The molecule has 0 saturated heterocycles. The van der Waals surface area contributed by atoms with Gasteiger partial charge < -0.3 is 20.5 Å². The molecule has 0 bridgehead atoms. The van der Waals surface area contributed by atoms with Crippen LogP contribution in [0.25, 0.3) is 0 Å². The Morgan fingerprint density at radius 1 is 1.26 bits per heavy atom. The van der Waals surface area contributed by atoms with Gasteiger partial charge in [0.1, 0.15) is 11.5 Å². The molecule has 0 amide bonds. The van der Waals surface area contributed by atoms with Gasteiger partial charge in [-0.15, -0.1) is 0 Å². The number of hydrogen-bond acceptors (Lipinski definition) is 4. The number of hydrogen-bond donors (Lipinski definition) is 2. The van der Waals surface area contributed by atoms with Gasteiger partial charge in [0.2, 0.25) is 0 Å². The van der Waals surface area contributed by atoms with E-state index in [-0.39, 0.29) is 11.5 Å². The van der Waals surface area contributed by atoms with Crippen molar-refractivity contribution in [3.8, 4) is 11.5 Å². The van der Waals surface area contributed by atoms with Gasteiger partial charge in [-0.05, 0) is 32.0 Å². The SMILES string of the molecule is CNC(c1ccc(OC)c(C)c1OC)C(C)(C)CN. The molecule has 0 radical (unpaired) electrons. The molecule has 19 heavy (non-hydrogen) atoms. The van der Waals surface area contributed by atoms with E-state index in [2.05, 4.69) is 19.2 Å². The predicted octanol–water partition coefficient (Wildman–Crippen LogP) is 2.26. The molecule has 1 aromatic carbocycles. The van der Waals surface area contributed by atoms with E-state index in [4.69, 9.17) is 15.2 Å². The van der Waals surface area contributed by atoms with Crippen LogP contribution in [0.1, 0.15) is 31.0 Å². The van der Waals surface area contributed by atoms with Crippen LogP contribution >= 0.6 is 0 Å². The molecular weight excluding hydrogens is 240 g/mol. The number of rotatable bonds is 6. The summed E-state index contributed by atoms with van der Waals surface area (Å²) in [5.41, 5.74) is 7.95. The average molecular weight is 266 g/mol. The molecule has 0 spiro atoms. The molecule has 0 aromatic heterocycles. The summed E-state index contributed by atoms with van der Waals surface area (Å²) in [6.45, 7) is 6.89. The second-order valence-electron chi connectivity index (χ2n) is 5.43. The van der Waals surface area contributed by atoms with Crippen molar-refractivity contribution in [1.29, 1.82) is 0 Å². The molecule has 1 atom stereocenters. The van der Waals surface area contributed by atoms with Gasteiger partial charge in [-0.1, -0.05) is 19.9 Å². The Kier molecular flexibility index (Phi) is 5.20. The van der Waals surface area contributed by atoms with Crippen LogP contribution in [0.4, 0.5) is 0 Å². The molecule has 0 fully saturated rings. The summed E-state index contributed by atoms with van der Waals surface area (Å²) < 4.78 is 10.9. The van der Waals surface area contributed by atoms with Crippen molar-refractivity contribution in [3.63, 3.8) is 0 Å². The molecule has 1 rings (SSSR count). The summed E-state index contributed by atoms with van der Waals surface area (Å²) in [6.07, 6.45) is 0. The zero-order valence-corrected chi connectivity index (χ0v) is 12.8. The smallest absolute Gasteiger partial charge is 0.130 e. The lowest BCUT2D eigenvalue weighted by atomic mass is 9.79. The Morgan fingerprint density at radius 3 is 2.32 bits per heavy atom. The summed E-state index contributed by atoms with van der Waals surface area (Å²) in [5.74, 6) is 1.70. The van der Waals surface area contributed by atoms with Crippen molar-refractivity contribution in [3.05, 3.63) is 23.3 Å². The van der Waals surface area contributed by atoms with E-state index >= 15 is 0 Å². The van der Waals surface area contributed by atoms with E-state index in [0.29, 0.717) is 6.54 Å². The largest absolute Gasteiger partial charge is 0.496 e. The maximum atomic E-state index is 5.90. The first-order valence-electron chi connectivity index (χ1n) is 6.51. The molecule has 0 saturated carbocycles. The number of nitrogens with two attached hydrogens (primary N) is 1. The highest BCUT2D eigenvalue weighted by Crippen LogP contribution is 2.41. The molecular formula is C15H26N2O2. The van der Waals surface area contributed by atoms with E-state index in [1.807, 2.05) is 26.1 Å². The third-order valence-electron chi connectivity index (χ3n) is 3.72. The van der Waals surface area contributed by atoms with Gasteiger partial charge in [-0.25, -0.2) is 0 Å². The first-order valence-corrected chi connectivity index (χ1v) is 6.51. The second-order valence-corrected chi connectivity index (χ2v) is 5.43. The van der Waals surface area contributed by atoms with E-state index < -0.39 is 0 Å². The normalized spacial score (nSPS) is 13.2. The van der Waals surface area contributed by atoms with Gasteiger partial charge in [0.25, 0.3) is 0 Å². The van der Waals surface area contributed by atoms with Crippen molar-refractivity contribution in [1.82, 2.24) is 5.32 Å². The van der Waals surface area contributed by atoms with Crippen molar-refractivity contribution >= 4 is 0 Å². The summed E-state index contributed by atoms with van der Waals surface area (Å²) in [5, 5.41) is 3.35. The highest BCUT2D eigenvalue weighted by molar-refractivity contribution is 5.51. The monoisotopic (exact) mass is 266 g/mol. The fourth-order valence-electron chi connectivity index (χ4n) is 2.50. The molecule has 1 unspecified atom stereocenters. The van der Waals surface area contributed by atoms with Gasteiger partial charge >= 0.3 is 0 Å². The minimum atomic E-state index is -0.0664. The third-order valence-corrected chi connectivity index (χ3v) is 3.72. The van der Waals surface area contributed by atoms with Gasteiger partial charge in [-0.2, -0.15) is 0 Å². The molecule has 0 aliphatic carbocycles. The van der Waals surface area contributed by atoms with E-state index in [9.17, 15) is 0 Å². The Labute approximate surface area is 116 Å². The first kappa shape index (κ1) is 15.8. The number of benzene rings is 1. The summed E-state index contributed by atoms with van der Waals surface area (Å²) in [4.78, 5) is 0.